The third-order valence-electron chi connectivity index (χ3n) is 2.84. The van der Waals surface area contributed by atoms with Crippen molar-refractivity contribution in [2.45, 2.75) is 45.4 Å². The van der Waals surface area contributed by atoms with Gasteiger partial charge in [0.15, 0.2) is 0 Å². The number of hydrogen-bond donors (Lipinski definition) is 2. The maximum atomic E-state index is 11.7. The molecule has 0 aliphatic carbocycles. The lowest BCUT2D eigenvalue weighted by molar-refractivity contribution is 0.0952. The van der Waals surface area contributed by atoms with Gasteiger partial charge in [0, 0.05) is 6.21 Å². The standard InChI is InChI=1S/C15H22N2O2/c1-2-3-4-5-6-9-12-16-17-15(19)13-10-7-8-11-14(13)18/h7-8,10-12,18H,2-6,9H2,1H3,(H,17,19)/b16-12+. The molecule has 0 saturated heterocycles. The monoisotopic (exact) mass is 262 g/mol. The summed E-state index contributed by atoms with van der Waals surface area (Å²) in [5.74, 6) is -0.421. The van der Waals surface area contributed by atoms with Crippen molar-refractivity contribution in [3.63, 3.8) is 0 Å². The number of para-hydroxylation sites is 1. The van der Waals surface area contributed by atoms with Crippen molar-refractivity contribution in [1.29, 1.82) is 0 Å². The van der Waals surface area contributed by atoms with Crippen LogP contribution in [0.15, 0.2) is 29.4 Å². The molecule has 1 rings (SSSR count). The number of rotatable bonds is 8. The highest BCUT2D eigenvalue weighted by Crippen LogP contribution is 2.14. The first-order valence-corrected chi connectivity index (χ1v) is 6.85. The van der Waals surface area contributed by atoms with E-state index < -0.39 is 0 Å². The Morgan fingerprint density at radius 3 is 2.74 bits per heavy atom. The quantitative estimate of drug-likeness (QED) is 0.428. The van der Waals surface area contributed by atoms with Gasteiger partial charge in [-0.1, -0.05) is 44.7 Å². The Bertz CT molecular complexity index is 416. The normalized spacial score (nSPS) is 10.8. The number of carbonyl (C=O) groups excluding carboxylic acids is 1. The highest BCUT2D eigenvalue weighted by Gasteiger charge is 2.08. The minimum Gasteiger partial charge on any atom is -0.507 e. The summed E-state index contributed by atoms with van der Waals surface area (Å²) in [5, 5.41) is 13.4. The molecular formula is C15H22N2O2. The molecule has 1 aromatic carbocycles. The second-order valence-electron chi connectivity index (χ2n) is 4.47. The summed E-state index contributed by atoms with van der Waals surface area (Å²) in [6, 6.07) is 6.41. The van der Waals surface area contributed by atoms with Gasteiger partial charge in [0.05, 0.1) is 5.56 Å². The van der Waals surface area contributed by atoms with E-state index in [1.54, 1.807) is 24.4 Å². The van der Waals surface area contributed by atoms with Crippen LogP contribution in [0.4, 0.5) is 0 Å². The number of nitrogens with one attached hydrogen (secondary N) is 1. The van der Waals surface area contributed by atoms with E-state index in [0.717, 1.165) is 12.8 Å². The second-order valence-corrected chi connectivity index (χ2v) is 4.47. The van der Waals surface area contributed by atoms with Gasteiger partial charge in [-0.25, -0.2) is 5.43 Å². The Balaban J connectivity index is 2.22. The fourth-order valence-electron chi connectivity index (χ4n) is 1.73. The van der Waals surface area contributed by atoms with Gasteiger partial charge in [0.2, 0.25) is 0 Å². The van der Waals surface area contributed by atoms with E-state index in [-0.39, 0.29) is 17.2 Å². The van der Waals surface area contributed by atoms with Crippen molar-refractivity contribution in [2.24, 2.45) is 5.10 Å². The number of benzene rings is 1. The number of unbranched alkanes of at least 4 members (excludes halogenated alkanes) is 5. The van der Waals surface area contributed by atoms with E-state index in [1.807, 2.05) is 0 Å². The molecule has 19 heavy (non-hydrogen) atoms. The van der Waals surface area contributed by atoms with E-state index in [4.69, 9.17) is 0 Å². The number of nitrogens with zero attached hydrogens (tertiary/aromatic N) is 1. The van der Waals surface area contributed by atoms with Crippen LogP contribution >= 0.6 is 0 Å². The van der Waals surface area contributed by atoms with E-state index in [1.165, 1.54) is 31.7 Å². The number of phenols is 1. The molecule has 0 atom stereocenters. The lowest BCUT2D eigenvalue weighted by Crippen LogP contribution is -2.17. The van der Waals surface area contributed by atoms with E-state index in [9.17, 15) is 9.90 Å². The molecule has 0 heterocycles. The lowest BCUT2D eigenvalue weighted by Gasteiger charge is -2.01. The van der Waals surface area contributed by atoms with Gasteiger partial charge in [-0.15, -0.1) is 0 Å². The van der Waals surface area contributed by atoms with Crippen LogP contribution < -0.4 is 5.43 Å². The molecule has 0 aliphatic heterocycles. The topological polar surface area (TPSA) is 61.7 Å². The second kappa shape index (κ2) is 9.14. The molecular weight excluding hydrogens is 240 g/mol. The zero-order valence-corrected chi connectivity index (χ0v) is 11.4. The molecule has 4 nitrogen and oxygen atoms in total. The minimum absolute atomic E-state index is 0.0326. The van der Waals surface area contributed by atoms with Crippen LogP contribution in [0.1, 0.15) is 55.8 Å². The van der Waals surface area contributed by atoms with Gasteiger partial charge in [-0.05, 0) is 25.0 Å². The first kappa shape index (κ1) is 15.2. The predicted molar refractivity (Wildman–Crippen MR) is 77.4 cm³/mol. The van der Waals surface area contributed by atoms with E-state index >= 15 is 0 Å². The van der Waals surface area contributed by atoms with E-state index in [0.29, 0.717) is 0 Å². The van der Waals surface area contributed by atoms with Crippen molar-refractivity contribution in [3.05, 3.63) is 29.8 Å². The first-order valence-electron chi connectivity index (χ1n) is 6.85. The molecule has 0 bridgehead atoms. The molecule has 0 aliphatic rings. The molecule has 0 aromatic heterocycles. The van der Waals surface area contributed by atoms with Crippen molar-refractivity contribution < 1.29 is 9.90 Å². The molecule has 2 N–H and O–H groups in total. The summed E-state index contributed by atoms with van der Waals surface area (Å²) < 4.78 is 0. The summed E-state index contributed by atoms with van der Waals surface area (Å²) in [6.45, 7) is 2.19. The number of amides is 1. The van der Waals surface area contributed by atoms with Crippen molar-refractivity contribution in [1.82, 2.24) is 5.43 Å². The Hall–Kier alpha value is -1.84. The third kappa shape index (κ3) is 6.04. The number of hydrazone groups is 1. The molecule has 1 aromatic rings. The zero-order valence-electron chi connectivity index (χ0n) is 11.4. The predicted octanol–water partition coefficient (Wildman–Crippen LogP) is 3.47. The Kier molecular flexibility index (Phi) is 7.32. The van der Waals surface area contributed by atoms with E-state index in [2.05, 4.69) is 17.5 Å². The molecule has 1 amide bonds. The highest BCUT2D eigenvalue weighted by molar-refractivity contribution is 5.96. The molecule has 0 fully saturated rings. The molecule has 4 heteroatoms. The van der Waals surface area contributed by atoms with Crippen molar-refractivity contribution in [2.75, 3.05) is 0 Å². The van der Waals surface area contributed by atoms with Crippen molar-refractivity contribution >= 4 is 12.1 Å². The summed E-state index contributed by atoms with van der Waals surface area (Å²) >= 11 is 0. The van der Waals surface area contributed by atoms with Gasteiger partial charge in [-0.3, -0.25) is 4.79 Å². The average Bonchev–Trinajstić information content (AvgIpc) is 2.42. The summed E-state index contributed by atoms with van der Waals surface area (Å²) in [5.41, 5.74) is 2.65. The molecule has 0 radical (unpaired) electrons. The van der Waals surface area contributed by atoms with Crippen LogP contribution in [0, 0.1) is 0 Å². The van der Waals surface area contributed by atoms with Crippen LogP contribution in [0.2, 0.25) is 0 Å². The maximum absolute atomic E-state index is 11.7. The Labute approximate surface area is 114 Å². The van der Waals surface area contributed by atoms with Crippen LogP contribution in [0.3, 0.4) is 0 Å². The average molecular weight is 262 g/mol. The summed E-state index contributed by atoms with van der Waals surface area (Å²) in [4.78, 5) is 11.7. The zero-order chi connectivity index (χ0) is 13.9. The fraction of sp³-hybridized carbons (Fsp3) is 0.467. The fourth-order valence-corrected chi connectivity index (χ4v) is 1.73. The summed E-state index contributed by atoms with van der Waals surface area (Å²) in [7, 11) is 0. The molecule has 0 saturated carbocycles. The third-order valence-corrected chi connectivity index (χ3v) is 2.84. The number of carbonyl (C=O) groups is 1. The van der Waals surface area contributed by atoms with Gasteiger partial charge in [0.1, 0.15) is 5.75 Å². The largest absolute Gasteiger partial charge is 0.507 e. The molecule has 0 spiro atoms. The lowest BCUT2D eigenvalue weighted by atomic mass is 10.1. The highest BCUT2D eigenvalue weighted by atomic mass is 16.3. The Morgan fingerprint density at radius 2 is 2.00 bits per heavy atom. The smallest absolute Gasteiger partial charge is 0.275 e. The SMILES string of the molecule is CCCCCCC/C=N/NC(=O)c1ccccc1O. The minimum atomic E-state index is -0.389. The Morgan fingerprint density at radius 1 is 1.26 bits per heavy atom. The van der Waals surface area contributed by atoms with Crippen LogP contribution in [-0.4, -0.2) is 17.2 Å². The van der Waals surface area contributed by atoms with Gasteiger partial charge >= 0.3 is 0 Å². The number of aromatic hydroxyl groups is 1. The molecule has 0 unspecified atom stereocenters. The van der Waals surface area contributed by atoms with Crippen molar-refractivity contribution in [3.8, 4) is 5.75 Å². The van der Waals surface area contributed by atoms with Gasteiger partial charge in [0.25, 0.3) is 5.91 Å². The van der Waals surface area contributed by atoms with Gasteiger partial charge < -0.3 is 5.11 Å². The number of phenolic OH excluding ortho intramolecular Hbond substituents is 1. The maximum Gasteiger partial charge on any atom is 0.275 e. The number of hydrogen-bond acceptors (Lipinski definition) is 3. The molecule has 104 valence electrons. The first-order chi connectivity index (χ1) is 9.25. The van der Waals surface area contributed by atoms with Gasteiger partial charge in [-0.2, -0.15) is 5.10 Å². The summed E-state index contributed by atoms with van der Waals surface area (Å²) in [6.07, 6.45) is 8.65. The van der Waals surface area contributed by atoms with Crippen LogP contribution in [-0.2, 0) is 0 Å². The van der Waals surface area contributed by atoms with Crippen LogP contribution in [0.5, 0.6) is 5.75 Å². The van der Waals surface area contributed by atoms with Crippen LogP contribution in [0.25, 0.3) is 0 Å².